The zero-order valence-corrected chi connectivity index (χ0v) is 19.1. The topological polar surface area (TPSA) is 105 Å². The number of primary amides is 1. The van der Waals surface area contributed by atoms with Gasteiger partial charge in [-0.15, -0.1) is 0 Å². The van der Waals surface area contributed by atoms with Gasteiger partial charge in [-0.3, -0.25) is 9.59 Å². The van der Waals surface area contributed by atoms with E-state index in [9.17, 15) is 9.59 Å². The number of esters is 1. The fraction of sp³-hybridized carbons (Fsp3) is 0.440. The Morgan fingerprint density at radius 3 is 2.47 bits per heavy atom. The predicted octanol–water partition coefficient (Wildman–Crippen LogP) is 1.80. The molecule has 2 aromatic rings. The van der Waals surface area contributed by atoms with E-state index in [0.717, 1.165) is 24.0 Å². The van der Waals surface area contributed by atoms with Gasteiger partial charge >= 0.3 is 5.97 Å². The average molecular weight is 441 g/mol. The number of likely N-dealkylation sites (N-methyl/N-ethyl adjacent to an activating group) is 1. The molecule has 0 spiro atoms. The monoisotopic (exact) mass is 440 g/mol. The lowest BCUT2D eigenvalue weighted by Crippen LogP contribution is -2.59. The number of hydrogen-bond acceptors (Lipinski definition) is 5. The molecule has 0 saturated heterocycles. The van der Waals surface area contributed by atoms with Crippen LogP contribution in [0.4, 0.5) is 0 Å². The Bertz CT molecular complexity index is 945. The van der Waals surface area contributed by atoms with E-state index in [4.69, 9.17) is 20.9 Å². The molecule has 3 rings (SSSR count). The van der Waals surface area contributed by atoms with Gasteiger partial charge in [0.05, 0.1) is 20.6 Å². The van der Waals surface area contributed by atoms with Gasteiger partial charge < -0.3 is 25.4 Å². The maximum atomic E-state index is 12.4. The number of carbonyl (C=O) groups is 2. The zero-order valence-electron chi connectivity index (χ0n) is 19.1. The van der Waals surface area contributed by atoms with Gasteiger partial charge in [0.2, 0.25) is 5.91 Å². The van der Waals surface area contributed by atoms with E-state index in [2.05, 4.69) is 14.1 Å². The van der Waals surface area contributed by atoms with Crippen molar-refractivity contribution in [2.45, 2.75) is 44.1 Å². The zero-order chi connectivity index (χ0) is 23.3. The second kappa shape index (κ2) is 10.3. The molecule has 0 aliphatic heterocycles. The third-order valence-electron chi connectivity index (χ3n) is 6.51. The summed E-state index contributed by atoms with van der Waals surface area (Å²) in [6.45, 7) is 0.913. The number of carbonyl (C=O) groups excluding carboxylic acids is 2. The molecular formula is C25H34N3O4+. The van der Waals surface area contributed by atoms with Crippen molar-refractivity contribution in [3.63, 3.8) is 0 Å². The number of ether oxygens (including phenoxy) is 2. The van der Waals surface area contributed by atoms with Crippen molar-refractivity contribution >= 4 is 11.9 Å². The number of amides is 1. The van der Waals surface area contributed by atoms with Gasteiger partial charge in [0, 0.05) is 31.9 Å². The van der Waals surface area contributed by atoms with Crippen LogP contribution in [-0.2, 0) is 33.7 Å². The average Bonchev–Trinajstić information content (AvgIpc) is 2.80. The molecule has 3 atom stereocenters. The molecule has 0 unspecified atom stereocenters. The molecule has 1 aliphatic rings. The summed E-state index contributed by atoms with van der Waals surface area (Å²) in [6.07, 6.45) is 2.05. The van der Waals surface area contributed by atoms with Crippen molar-refractivity contribution in [1.82, 2.24) is 0 Å². The van der Waals surface area contributed by atoms with E-state index >= 15 is 0 Å². The van der Waals surface area contributed by atoms with Crippen LogP contribution in [0.5, 0.6) is 0 Å². The fourth-order valence-electron chi connectivity index (χ4n) is 4.41. The first-order chi connectivity index (χ1) is 15.2. The SMILES string of the molecule is CO[C@H]1Cc2ccc(C(N)=O)cc2C[C@@H]1[N+](C)(C)CC[C@H](N)C(=O)OCc1ccccc1. The van der Waals surface area contributed by atoms with Crippen LogP contribution in [0, 0.1) is 0 Å². The standard InChI is InChI=1S/C25H33N3O4/c1-28(2,12-11-21(26)25(30)32-16-17-7-5-4-6-8-17)22-14-20-13-19(24(27)29)10-9-18(20)15-23(22)31-3/h4-10,13,21-23H,11-12,14-16,26H2,1-3H3,(H-,27,29)/p+1/t21-,22-,23-/m0/s1. The summed E-state index contributed by atoms with van der Waals surface area (Å²) in [5, 5.41) is 0. The molecule has 0 radical (unpaired) electrons. The summed E-state index contributed by atoms with van der Waals surface area (Å²) in [5.74, 6) is -0.816. The molecule has 0 aromatic heterocycles. The minimum Gasteiger partial charge on any atom is -0.460 e. The number of quaternary nitrogens is 1. The Balaban J connectivity index is 1.62. The van der Waals surface area contributed by atoms with E-state index < -0.39 is 17.9 Å². The van der Waals surface area contributed by atoms with Gasteiger partial charge in [-0.05, 0) is 28.8 Å². The number of fused-ring (bicyclic) bond motifs is 1. The van der Waals surface area contributed by atoms with Crippen molar-refractivity contribution < 1.29 is 23.5 Å². The quantitative estimate of drug-likeness (QED) is 0.457. The molecule has 0 saturated carbocycles. The molecule has 0 bridgehead atoms. The molecule has 1 aliphatic carbocycles. The molecule has 0 heterocycles. The fourth-order valence-corrected chi connectivity index (χ4v) is 4.41. The van der Waals surface area contributed by atoms with Gasteiger partial charge in [-0.1, -0.05) is 36.4 Å². The Hall–Kier alpha value is -2.74. The highest BCUT2D eigenvalue weighted by molar-refractivity contribution is 5.93. The Morgan fingerprint density at radius 1 is 1.09 bits per heavy atom. The summed E-state index contributed by atoms with van der Waals surface area (Å²) in [5.41, 5.74) is 15.4. The van der Waals surface area contributed by atoms with E-state index in [1.165, 1.54) is 5.56 Å². The molecule has 2 aromatic carbocycles. The van der Waals surface area contributed by atoms with Crippen molar-refractivity contribution in [1.29, 1.82) is 0 Å². The van der Waals surface area contributed by atoms with Crippen LogP contribution in [-0.4, -0.2) is 62.3 Å². The molecule has 1 amide bonds. The normalized spacial score (nSPS) is 19.1. The molecule has 32 heavy (non-hydrogen) atoms. The van der Waals surface area contributed by atoms with Crippen LogP contribution in [0.25, 0.3) is 0 Å². The van der Waals surface area contributed by atoms with Crippen LogP contribution in [0.3, 0.4) is 0 Å². The van der Waals surface area contributed by atoms with Gasteiger partial charge in [0.15, 0.2) is 0 Å². The van der Waals surface area contributed by atoms with Crippen molar-refractivity contribution in [3.05, 3.63) is 70.8 Å². The summed E-state index contributed by atoms with van der Waals surface area (Å²) >= 11 is 0. The Kier molecular flexibility index (Phi) is 7.66. The highest BCUT2D eigenvalue weighted by atomic mass is 16.5. The Labute approximate surface area is 189 Å². The Morgan fingerprint density at radius 2 is 1.81 bits per heavy atom. The maximum absolute atomic E-state index is 12.4. The largest absolute Gasteiger partial charge is 0.460 e. The summed E-state index contributed by atoms with van der Waals surface area (Å²) in [6, 6.07) is 14.7. The van der Waals surface area contributed by atoms with Crippen LogP contribution in [0.2, 0.25) is 0 Å². The van der Waals surface area contributed by atoms with Gasteiger partial charge in [0.1, 0.15) is 24.8 Å². The first-order valence-electron chi connectivity index (χ1n) is 10.9. The molecule has 4 N–H and O–H groups in total. The third-order valence-corrected chi connectivity index (χ3v) is 6.51. The molecule has 172 valence electrons. The van der Waals surface area contributed by atoms with Crippen LogP contribution < -0.4 is 11.5 Å². The second-order valence-corrected chi connectivity index (χ2v) is 9.09. The second-order valence-electron chi connectivity index (χ2n) is 9.09. The lowest BCUT2D eigenvalue weighted by atomic mass is 9.83. The predicted molar refractivity (Wildman–Crippen MR) is 123 cm³/mol. The number of nitrogens with zero attached hydrogens (tertiary/aromatic N) is 1. The van der Waals surface area contributed by atoms with E-state index in [1.54, 1.807) is 13.2 Å². The molecule has 0 fully saturated rings. The number of nitrogens with two attached hydrogens (primary N) is 2. The lowest BCUT2D eigenvalue weighted by molar-refractivity contribution is -0.919. The smallest absolute Gasteiger partial charge is 0.323 e. The molecule has 7 nitrogen and oxygen atoms in total. The van der Waals surface area contributed by atoms with Gasteiger partial charge in [0.25, 0.3) is 0 Å². The number of rotatable bonds is 9. The number of hydrogen-bond donors (Lipinski definition) is 2. The highest BCUT2D eigenvalue weighted by Gasteiger charge is 2.40. The molecule has 7 heteroatoms. The van der Waals surface area contributed by atoms with Crippen molar-refractivity contribution in [3.8, 4) is 0 Å². The first kappa shape index (κ1) is 23.9. The summed E-state index contributed by atoms with van der Waals surface area (Å²) < 4.78 is 11.9. The highest BCUT2D eigenvalue weighted by Crippen LogP contribution is 2.30. The van der Waals surface area contributed by atoms with Crippen LogP contribution in [0.1, 0.15) is 33.5 Å². The summed E-state index contributed by atoms with van der Waals surface area (Å²) in [4.78, 5) is 24.0. The minimum atomic E-state index is -0.686. The van der Waals surface area contributed by atoms with Crippen molar-refractivity contribution in [2.24, 2.45) is 11.5 Å². The maximum Gasteiger partial charge on any atom is 0.323 e. The molecular weight excluding hydrogens is 406 g/mol. The summed E-state index contributed by atoms with van der Waals surface area (Å²) in [7, 11) is 5.98. The van der Waals surface area contributed by atoms with E-state index in [1.807, 2.05) is 42.5 Å². The van der Waals surface area contributed by atoms with E-state index in [-0.39, 0.29) is 18.8 Å². The number of methoxy groups -OCH3 is 1. The van der Waals surface area contributed by atoms with Crippen LogP contribution >= 0.6 is 0 Å². The van der Waals surface area contributed by atoms with Crippen LogP contribution in [0.15, 0.2) is 48.5 Å². The van der Waals surface area contributed by atoms with E-state index in [0.29, 0.717) is 23.0 Å². The minimum absolute atomic E-state index is 0.0261. The number of benzene rings is 2. The lowest BCUT2D eigenvalue weighted by Gasteiger charge is -2.44. The third kappa shape index (κ3) is 5.73. The van der Waals surface area contributed by atoms with Gasteiger partial charge in [-0.2, -0.15) is 0 Å². The van der Waals surface area contributed by atoms with Gasteiger partial charge in [-0.25, -0.2) is 0 Å². The van der Waals surface area contributed by atoms with Crippen molar-refractivity contribution in [2.75, 3.05) is 27.7 Å². The first-order valence-corrected chi connectivity index (χ1v) is 10.9.